The van der Waals surface area contributed by atoms with Crippen LogP contribution in [0.25, 0.3) is 0 Å². The van der Waals surface area contributed by atoms with Gasteiger partial charge in [-0.3, -0.25) is 0 Å². The van der Waals surface area contributed by atoms with E-state index in [0.29, 0.717) is 12.0 Å². The van der Waals surface area contributed by atoms with Gasteiger partial charge in [-0.05, 0) is 56.5 Å². The number of sulfonamides is 2. The number of nitrogens with two attached hydrogens (primary N) is 1. The van der Waals surface area contributed by atoms with Crippen LogP contribution in [0.1, 0.15) is 38.2 Å². The normalized spacial score (nSPS) is 24.1. The van der Waals surface area contributed by atoms with E-state index in [1.807, 2.05) is 6.92 Å². The molecule has 26 heavy (non-hydrogen) atoms. The standard InChI is InChI=1S/C16H27N3O4S2.ClH/c1-12-10-14(7-8-15(12)25(22,23)18-3)24(20,21)19-16(11-17)9-5-4-6-13(16)2;/h7-8,10,13,18-19H,4-6,9,11,17H2,1-3H3;1H. The summed E-state index contributed by atoms with van der Waals surface area (Å²) in [6.45, 7) is 3.83. The molecule has 0 saturated heterocycles. The lowest BCUT2D eigenvalue weighted by atomic mass is 9.74. The largest absolute Gasteiger partial charge is 0.329 e. The van der Waals surface area contributed by atoms with E-state index in [9.17, 15) is 16.8 Å². The van der Waals surface area contributed by atoms with Crippen molar-refractivity contribution in [1.82, 2.24) is 9.44 Å². The minimum atomic E-state index is -3.80. The molecule has 2 atom stereocenters. The van der Waals surface area contributed by atoms with Crippen molar-refractivity contribution in [1.29, 1.82) is 0 Å². The molecule has 1 saturated carbocycles. The van der Waals surface area contributed by atoms with Gasteiger partial charge in [0.25, 0.3) is 0 Å². The fourth-order valence-corrected chi connectivity index (χ4v) is 6.01. The number of aryl methyl sites for hydroxylation is 1. The van der Waals surface area contributed by atoms with Crippen LogP contribution in [0.5, 0.6) is 0 Å². The first-order valence-corrected chi connectivity index (χ1v) is 11.3. The van der Waals surface area contributed by atoms with Crippen LogP contribution in [0.15, 0.2) is 28.0 Å². The van der Waals surface area contributed by atoms with Crippen LogP contribution in [0, 0.1) is 12.8 Å². The van der Waals surface area contributed by atoms with Crippen molar-refractivity contribution in [2.75, 3.05) is 13.6 Å². The van der Waals surface area contributed by atoms with Crippen LogP contribution in [0.3, 0.4) is 0 Å². The second kappa shape index (κ2) is 8.53. The third kappa shape index (κ3) is 4.58. The third-order valence-electron chi connectivity index (χ3n) is 5.17. The second-order valence-corrected chi connectivity index (χ2v) is 10.3. The zero-order valence-electron chi connectivity index (χ0n) is 15.3. The van der Waals surface area contributed by atoms with E-state index >= 15 is 0 Å². The molecule has 0 amide bonds. The van der Waals surface area contributed by atoms with Gasteiger partial charge in [-0.25, -0.2) is 26.3 Å². The van der Waals surface area contributed by atoms with Crippen molar-refractivity contribution in [3.05, 3.63) is 23.8 Å². The Kier molecular flexibility index (Phi) is 7.66. The smallest absolute Gasteiger partial charge is 0.241 e. The van der Waals surface area contributed by atoms with Gasteiger partial charge in [0.1, 0.15) is 0 Å². The van der Waals surface area contributed by atoms with Gasteiger partial charge in [0, 0.05) is 12.1 Å². The van der Waals surface area contributed by atoms with Crippen molar-refractivity contribution in [3.8, 4) is 0 Å². The van der Waals surface area contributed by atoms with Crippen molar-refractivity contribution in [2.24, 2.45) is 11.7 Å². The average molecular weight is 426 g/mol. The minimum Gasteiger partial charge on any atom is -0.329 e. The fourth-order valence-electron chi connectivity index (χ4n) is 3.44. The summed E-state index contributed by atoms with van der Waals surface area (Å²) in [7, 11) is -6.11. The zero-order valence-corrected chi connectivity index (χ0v) is 17.7. The van der Waals surface area contributed by atoms with Gasteiger partial charge in [0.05, 0.1) is 9.79 Å². The molecular formula is C16H28ClN3O4S2. The van der Waals surface area contributed by atoms with Gasteiger partial charge >= 0.3 is 0 Å². The van der Waals surface area contributed by atoms with Gasteiger partial charge in [-0.2, -0.15) is 0 Å². The van der Waals surface area contributed by atoms with Crippen LogP contribution in [0.4, 0.5) is 0 Å². The quantitative estimate of drug-likeness (QED) is 0.638. The summed E-state index contributed by atoms with van der Waals surface area (Å²) in [5.74, 6) is 0.145. The molecule has 1 fully saturated rings. The molecule has 0 aliphatic heterocycles. The van der Waals surface area contributed by atoms with E-state index in [4.69, 9.17) is 5.73 Å². The Morgan fingerprint density at radius 1 is 1.19 bits per heavy atom. The Hall–Kier alpha value is -0.710. The van der Waals surface area contributed by atoms with Crippen molar-refractivity contribution < 1.29 is 16.8 Å². The van der Waals surface area contributed by atoms with Gasteiger partial charge < -0.3 is 5.73 Å². The van der Waals surface area contributed by atoms with Crippen molar-refractivity contribution in [3.63, 3.8) is 0 Å². The maximum Gasteiger partial charge on any atom is 0.241 e. The van der Waals surface area contributed by atoms with E-state index in [2.05, 4.69) is 9.44 Å². The lowest BCUT2D eigenvalue weighted by Crippen LogP contribution is -2.58. The number of benzene rings is 1. The van der Waals surface area contributed by atoms with Crippen LogP contribution in [-0.4, -0.2) is 36.0 Å². The predicted octanol–water partition coefficient (Wildman–Crippen LogP) is 1.51. The molecule has 10 heteroatoms. The Balaban J connectivity index is 0.00000338. The summed E-state index contributed by atoms with van der Waals surface area (Å²) < 4.78 is 54.7. The summed E-state index contributed by atoms with van der Waals surface area (Å²) in [6.07, 6.45) is 3.63. The Labute approximate surface area is 162 Å². The summed E-state index contributed by atoms with van der Waals surface area (Å²) >= 11 is 0. The molecular weight excluding hydrogens is 398 g/mol. The van der Waals surface area contributed by atoms with E-state index in [1.165, 1.54) is 25.2 Å². The lowest BCUT2D eigenvalue weighted by molar-refractivity contribution is 0.191. The van der Waals surface area contributed by atoms with Crippen LogP contribution >= 0.6 is 12.4 Å². The second-order valence-electron chi connectivity index (χ2n) is 6.75. The molecule has 0 spiro atoms. The summed E-state index contributed by atoms with van der Waals surface area (Å²) in [4.78, 5) is 0.110. The number of hydrogen-bond acceptors (Lipinski definition) is 5. The Morgan fingerprint density at radius 2 is 1.85 bits per heavy atom. The highest BCUT2D eigenvalue weighted by Crippen LogP contribution is 2.34. The van der Waals surface area contributed by atoms with Crippen LogP contribution in [-0.2, 0) is 20.0 Å². The number of halogens is 1. The Morgan fingerprint density at radius 3 is 2.35 bits per heavy atom. The average Bonchev–Trinajstić information content (AvgIpc) is 2.56. The van der Waals surface area contributed by atoms with Crippen molar-refractivity contribution in [2.45, 2.75) is 54.9 Å². The van der Waals surface area contributed by atoms with Crippen LogP contribution < -0.4 is 15.2 Å². The first-order chi connectivity index (χ1) is 11.6. The summed E-state index contributed by atoms with van der Waals surface area (Å²) in [5, 5.41) is 0. The minimum absolute atomic E-state index is 0. The molecule has 150 valence electrons. The highest BCUT2D eigenvalue weighted by molar-refractivity contribution is 7.90. The molecule has 0 aromatic heterocycles. The number of rotatable bonds is 6. The maximum atomic E-state index is 12.9. The summed E-state index contributed by atoms with van der Waals surface area (Å²) in [5.41, 5.74) is 5.65. The van der Waals surface area contributed by atoms with E-state index in [1.54, 1.807) is 6.92 Å². The van der Waals surface area contributed by atoms with E-state index in [0.717, 1.165) is 19.3 Å². The van der Waals surface area contributed by atoms with Gasteiger partial charge in [-0.15, -0.1) is 12.4 Å². The first-order valence-electron chi connectivity index (χ1n) is 8.36. The molecule has 2 rings (SSSR count). The molecule has 1 aromatic rings. The molecule has 1 aliphatic rings. The molecule has 0 heterocycles. The summed E-state index contributed by atoms with van der Waals surface area (Å²) in [6, 6.07) is 4.01. The SMILES string of the molecule is CNS(=O)(=O)c1ccc(S(=O)(=O)NC2(CN)CCCCC2C)cc1C.Cl. The highest BCUT2D eigenvalue weighted by atomic mass is 35.5. The lowest BCUT2D eigenvalue weighted by Gasteiger charge is -2.42. The van der Waals surface area contributed by atoms with E-state index < -0.39 is 25.6 Å². The van der Waals surface area contributed by atoms with Gasteiger partial charge in [0.2, 0.25) is 20.0 Å². The molecule has 4 N–H and O–H groups in total. The first kappa shape index (κ1) is 23.3. The number of hydrogen-bond donors (Lipinski definition) is 3. The van der Waals surface area contributed by atoms with E-state index in [-0.39, 0.29) is 34.7 Å². The molecule has 0 radical (unpaired) electrons. The Bertz CT molecular complexity index is 843. The molecule has 1 aromatic carbocycles. The molecule has 1 aliphatic carbocycles. The molecule has 0 bridgehead atoms. The third-order valence-corrected chi connectivity index (χ3v) is 8.29. The van der Waals surface area contributed by atoms with Crippen molar-refractivity contribution >= 4 is 32.5 Å². The topological polar surface area (TPSA) is 118 Å². The van der Waals surface area contributed by atoms with Gasteiger partial charge in [0.15, 0.2) is 0 Å². The molecule has 2 unspecified atom stereocenters. The zero-order chi connectivity index (χ0) is 18.9. The van der Waals surface area contributed by atoms with Crippen LogP contribution in [0.2, 0.25) is 0 Å². The number of nitrogens with one attached hydrogen (secondary N) is 2. The fraction of sp³-hybridized carbons (Fsp3) is 0.625. The highest BCUT2D eigenvalue weighted by Gasteiger charge is 2.40. The van der Waals surface area contributed by atoms with Gasteiger partial charge in [-0.1, -0.05) is 19.8 Å². The maximum absolute atomic E-state index is 12.9. The molecule has 7 nitrogen and oxygen atoms in total. The monoisotopic (exact) mass is 425 g/mol. The predicted molar refractivity (Wildman–Crippen MR) is 104 cm³/mol.